The average molecular weight is 237 g/mol. The molecule has 0 aromatic carbocycles. The van der Waals surface area contributed by atoms with Crippen molar-refractivity contribution < 1.29 is 4.74 Å². The molecule has 0 aromatic heterocycles. The van der Waals surface area contributed by atoms with Crippen molar-refractivity contribution in [3.63, 3.8) is 0 Å². The molecular weight excluding hydrogens is 212 g/mol. The molecule has 3 nitrogen and oxygen atoms in total. The first-order valence-electron chi connectivity index (χ1n) is 5.62. The van der Waals surface area contributed by atoms with Crippen molar-refractivity contribution in [3.8, 4) is 0 Å². The van der Waals surface area contributed by atoms with Gasteiger partial charge in [-0.3, -0.25) is 0 Å². The van der Waals surface area contributed by atoms with E-state index in [0.717, 1.165) is 6.54 Å². The van der Waals surface area contributed by atoms with Gasteiger partial charge in [-0.2, -0.15) is 0 Å². The third kappa shape index (κ3) is 5.16. The van der Waals surface area contributed by atoms with Crippen LogP contribution in [0.3, 0.4) is 0 Å². The van der Waals surface area contributed by atoms with Crippen LogP contribution < -0.4 is 5.73 Å². The number of hydrogen-bond donors (Lipinski definition) is 1. The molecule has 0 amide bonds. The number of rotatable bonds is 4. The van der Waals surface area contributed by atoms with Gasteiger partial charge in [-0.05, 0) is 39.7 Å². The van der Waals surface area contributed by atoms with Crippen molar-refractivity contribution in [1.82, 2.24) is 4.90 Å². The molecule has 2 N–H and O–H groups in total. The summed E-state index contributed by atoms with van der Waals surface area (Å²) in [4.78, 5) is 2.40. The van der Waals surface area contributed by atoms with E-state index in [1.54, 1.807) is 0 Å². The predicted octanol–water partition coefficient (Wildman–Crippen LogP) is 1.64. The van der Waals surface area contributed by atoms with Crippen LogP contribution >= 0.6 is 12.4 Å². The van der Waals surface area contributed by atoms with E-state index in [1.807, 2.05) is 7.11 Å². The minimum absolute atomic E-state index is 0. The Labute approximate surface area is 99.7 Å². The van der Waals surface area contributed by atoms with Crippen molar-refractivity contribution in [3.05, 3.63) is 0 Å². The topological polar surface area (TPSA) is 38.5 Å². The summed E-state index contributed by atoms with van der Waals surface area (Å²) in [6.45, 7) is 3.07. The van der Waals surface area contributed by atoms with Crippen LogP contribution in [-0.2, 0) is 4.74 Å². The van der Waals surface area contributed by atoms with E-state index in [2.05, 4.69) is 18.9 Å². The lowest BCUT2D eigenvalue weighted by Crippen LogP contribution is -2.42. The first-order chi connectivity index (χ1) is 6.63. The number of ether oxygens (including phenoxy) is 1. The summed E-state index contributed by atoms with van der Waals surface area (Å²) < 4.78 is 5.36. The Kier molecular flexibility index (Phi) is 7.53. The zero-order chi connectivity index (χ0) is 10.6. The van der Waals surface area contributed by atoms with E-state index in [0.29, 0.717) is 12.1 Å². The maximum Gasteiger partial charge on any atom is 0.0572 e. The third-order valence-electron chi connectivity index (χ3n) is 3.18. The van der Waals surface area contributed by atoms with E-state index in [4.69, 9.17) is 10.5 Å². The Morgan fingerprint density at radius 1 is 1.33 bits per heavy atom. The van der Waals surface area contributed by atoms with Crippen molar-refractivity contribution in [2.24, 2.45) is 5.73 Å². The van der Waals surface area contributed by atoms with Crippen LogP contribution in [0.1, 0.15) is 32.6 Å². The highest BCUT2D eigenvalue weighted by atomic mass is 35.5. The van der Waals surface area contributed by atoms with Crippen molar-refractivity contribution in [2.75, 3.05) is 20.7 Å². The molecule has 0 saturated heterocycles. The highest BCUT2D eigenvalue weighted by Crippen LogP contribution is 2.23. The Morgan fingerprint density at radius 2 is 1.87 bits per heavy atom. The maximum absolute atomic E-state index is 5.79. The number of halogens is 1. The number of methoxy groups -OCH3 is 1. The van der Waals surface area contributed by atoms with Gasteiger partial charge in [-0.1, -0.05) is 0 Å². The van der Waals surface area contributed by atoms with Gasteiger partial charge < -0.3 is 15.4 Å². The van der Waals surface area contributed by atoms with Gasteiger partial charge in [-0.15, -0.1) is 12.4 Å². The molecule has 0 heterocycles. The Morgan fingerprint density at radius 3 is 2.27 bits per heavy atom. The van der Waals surface area contributed by atoms with Gasteiger partial charge in [0.05, 0.1) is 6.10 Å². The molecule has 1 rings (SSSR count). The molecule has 1 saturated carbocycles. The molecule has 0 spiro atoms. The lowest BCUT2D eigenvalue weighted by Gasteiger charge is -2.34. The summed E-state index contributed by atoms with van der Waals surface area (Å²) in [5, 5.41) is 0. The molecule has 1 fully saturated rings. The first-order valence-corrected chi connectivity index (χ1v) is 5.62. The van der Waals surface area contributed by atoms with Gasteiger partial charge in [0, 0.05) is 25.7 Å². The molecule has 1 atom stereocenters. The summed E-state index contributed by atoms with van der Waals surface area (Å²) in [7, 11) is 4.00. The van der Waals surface area contributed by atoms with Crippen LogP contribution in [0, 0.1) is 0 Å². The quantitative estimate of drug-likeness (QED) is 0.807. The fraction of sp³-hybridized carbons (Fsp3) is 1.00. The van der Waals surface area contributed by atoms with E-state index in [9.17, 15) is 0 Å². The molecule has 0 radical (unpaired) electrons. The van der Waals surface area contributed by atoms with Gasteiger partial charge >= 0.3 is 0 Å². The Hall–Kier alpha value is 0.170. The summed E-state index contributed by atoms with van der Waals surface area (Å²) >= 11 is 0. The highest BCUT2D eigenvalue weighted by Gasteiger charge is 2.23. The smallest absolute Gasteiger partial charge is 0.0572 e. The Bertz CT molecular complexity index is 159. The van der Waals surface area contributed by atoms with Crippen LogP contribution in [0.15, 0.2) is 0 Å². The van der Waals surface area contributed by atoms with E-state index < -0.39 is 0 Å². The Balaban J connectivity index is 0.00000196. The van der Waals surface area contributed by atoms with Crippen LogP contribution in [0.5, 0.6) is 0 Å². The average Bonchev–Trinajstić information content (AvgIpc) is 2.17. The second-order valence-electron chi connectivity index (χ2n) is 4.58. The van der Waals surface area contributed by atoms with E-state index in [-0.39, 0.29) is 18.4 Å². The number of nitrogens with zero attached hydrogens (tertiary/aromatic N) is 1. The molecule has 0 aliphatic heterocycles. The molecular formula is C11H25ClN2O. The monoisotopic (exact) mass is 236 g/mol. The molecule has 92 valence electrons. The molecule has 0 bridgehead atoms. The van der Waals surface area contributed by atoms with Crippen LogP contribution in [0.25, 0.3) is 0 Å². The molecule has 4 heteroatoms. The molecule has 1 aliphatic carbocycles. The summed E-state index contributed by atoms with van der Waals surface area (Å²) in [5.74, 6) is 0. The van der Waals surface area contributed by atoms with Gasteiger partial charge in [0.15, 0.2) is 0 Å². The third-order valence-corrected chi connectivity index (χ3v) is 3.18. The minimum atomic E-state index is 0. The second-order valence-corrected chi connectivity index (χ2v) is 4.58. The van der Waals surface area contributed by atoms with Gasteiger partial charge in [0.1, 0.15) is 0 Å². The van der Waals surface area contributed by atoms with Gasteiger partial charge in [0.2, 0.25) is 0 Å². The van der Waals surface area contributed by atoms with Crippen LogP contribution in [-0.4, -0.2) is 43.8 Å². The molecule has 0 aromatic rings. The van der Waals surface area contributed by atoms with Gasteiger partial charge in [0.25, 0.3) is 0 Å². The van der Waals surface area contributed by atoms with E-state index in [1.165, 1.54) is 25.7 Å². The minimum Gasteiger partial charge on any atom is -0.381 e. The molecule has 1 unspecified atom stereocenters. The zero-order valence-corrected chi connectivity index (χ0v) is 10.9. The lowest BCUT2D eigenvalue weighted by molar-refractivity contribution is 0.0434. The first kappa shape index (κ1) is 15.2. The van der Waals surface area contributed by atoms with Crippen molar-refractivity contribution in [2.45, 2.75) is 50.8 Å². The summed E-state index contributed by atoms with van der Waals surface area (Å²) in [5.41, 5.74) is 5.79. The van der Waals surface area contributed by atoms with Crippen LogP contribution in [0.2, 0.25) is 0 Å². The molecule has 15 heavy (non-hydrogen) atoms. The standard InChI is InChI=1S/C11H24N2O.ClH/c1-9(12)8-13(2)10-4-6-11(14-3)7-5-10;/h9-11H,4-8,12H2,1-3H3;1H. The SMILES string of the molecule is COC1CCC(N(C)CC(C)N)CC1.Cl. The number of likely N-dealkylation sites (N-methyl/N-ethyl adjacent to an activating group) is 1. The summed E-state index contributed by atoms with van der Waals surface area (Å²) in [6, 6.07) is 0.993. The fourth-order valence-electron chi connectivity index (χ4n) is 2.33. The van der Waals surface area contributed by atoms with Gasteiger partial charge in [-0.25, -0.2) is 0 Å². The lowest BCUT2D eigenvalue weighted by atomic mass is 9.92. The highest BCUT2D eigenvalue weighted by molar-refractivity contribution is 5.85. The second kappa shape index (κ2) is 7.44. The largest absolute Gasteiger partial charge is 0.381 e. The maximum atomic E-state index is 5.79. The zero-order valence-electron chi connectivity index (χ0n) is 10.1. The van der Waals surface area contributed by atoms with Crippen LogP contribution in [0.4, 0.5) is 0 Å². The molecule has 1 aliphatic rings. The fourth-order valence-corrected chi connectivity index (χ4v) is 2.33. The number of hydrogen-bond acceptors (Lipinski definition) is 3. The number of nitrogens with two attached hydrogens (primary N) is 1. The normalized spacial score (nSPS) is 28.6. The van der Waals surface area contributed by atoms with Crippen molar-refractivity contribution in [1.29, 1.82) is 0 Å². The predicted molar refractivity (Wildman–Crippen MR) is 66.6 cm³/mol. The summed E-state index contributed by atoms with van der Waals surface area (Å²) in [6.07, 6.45) is 5.40. The van der Waals surface area contributed by atoms with Crippen molar-refractivity contribution >= 4 is 12.4 Å². The van der Waals surface area contributed by atoms with E-state index >= 15 is 0 Å².